The molecular formula is C23H23N3O4S. The van der Waals surface area contributed by atoms with E-state index in [2.05, 4.69) is 10.3 Å². The van der Waals surface area contributed by atoms with E-state index in [1.807, 2.05) is 36.4 Å². The fourth-order valence-electron chi connectivity index (χ4n) is 3.51. The maximum atomic E-state index is 12.6. The molecular weight excluding hydrogens is 414 g/mol. The standard InChI is InChI=1S/C23H23N3O4S/c1-31(28,29)26-12-10-19-14-20(7-8-21(19)26)23(27)25-15-18-9-11-24-22(13-18)30-16-17-5-3-2-4-6-17/h2-9,11,13-14H,10,12,15-16H2,1H3,(H,25,27). The van der Waals surface area contributed by atoms with Crippen molar-refractivity contribution in [3.05, 3.63) is 89.1 Å². The molecule has 0 spiro atoms. The molecule has 1 amide bonds. The molecule has 31 heavy (non-hydrogen) atoms. The van der Waals surface area contributed by atoms with Gasteiger partial charge in [-0.05, 0) is 47.4 Å². The minimum Gasteiger partial charge on any atom is -0.473 e. The van der Waals surface area contributed by atoms with Gasteiger partial charge in [0.1, 0.15) is 6.61 Å². The van der Waals surface area contributed by atoms with Crippen molar-refractivity contribution in [2.75, 3.05) is 17.1 Å². The topological polar surface area (TPSA) is 88.6 Å². The van der Waals surface area contributed by atoms with Gasteiger partial charge in [0.25, 0.3) is 5.91 Å². The van der Waals surface area contributed by atoms with Crippen LogP contribution in [0.3, 0.4) is 0 Å². The van der Waals surface area contributed by atoms with Crippen molar-refractivity contribution in [1.29, 1.82) is 0 Å². The van der Waals surface area contributed by atoms with Crippen molar-refractivity contribution >= 4 is 21.6 Å². The Morgan fingerprint density at radius 1 is 1.10 bits per heavy atom. The third kappa shape index (κ3) is 5.03. The van der Waals surface area contributed by atoms with Crippen LogP contribution in [0.15, 0.2) is 66.9 Å². The lowest BCUT2D eigenvalue weighted by Crippen LogP contribution is -2.27. The first kappa shape index (κ1) is 20.9. The second-order valence-electron chi connectivity index (χ2n) is 7.39. The minimum atomic E-state index is -3.31. The fraction of sp³-hybridized carbons (Fsp3) is 0.217. The minimum absolute atomic E-state index is 0.218. The molecule has 0 radical (unpaired) electrons. The molecule has 1 N–H and O–H groups in total. The number of rotatable bonds is 7. The van der Waals surface area contributed by atoms with Crippen molar-refractivity contribution in [2.24, 2.45) is 0 Å². The van der Waals surface area contributed by atoms with E-state index < -0.39 is 10.0 Å². The average molecular weight is 438 g/mol. The van der Waals surface area contributed by atoms with Crippen LogP contribution in [0, 0.1) is 0 Å². The Balaban J connectivity index is 1.37. The van der Waals surface area contributed by atoms with Gasteiger partial charge in [-0.15, -0.1) is 0 Å². The lowest BCUT2D eigenvalue weighted by Gasteiger charge is -2.16. The number of aromatic nitrogens is 1. The molecule has 160 valence electrons. The van der Waals surface area contributed by atoms with E-state index in [0.717, 1.165) is 16.7 Å². The molecule has 4 rings (SSSR count). The van der Waals surface area contributed by atoms with Crippen LogP contribution in [0.4, 0.5) is 5.69 Å². The molecule has 2 heterocycles. The average Bonchev–Trinajstić information content (AvgIpc) is 3.21. The number of anilines is 1. The number of carbonyl (C=O) groups excluding carboxylic acids is 1. The van der Waals surface area contributed by atoms with Gasteiger partial charge < -0.3 is 10.1 Å². The number of fused-ring (bicyclic) bond motifs is 1. The van der Waals surface area contributed by atoms with Crippen LogP contribution in [0.1, 0.15) is 27.0 Å². The highest BCUT2D eigenvalue weighted by atomic mass is 32.2. The summed E-state index contributed by atoms with van der Waals surface area (Å²) in [4.78, 5) is 16.8. The number of hydrogen-bond donors (Lipinski definition) is 1. The highest BCUT2D eigenvalue weighted by Crippen LogP contribution is 2.30. The predicted octanol–water partition coefficient (Wildman–Crippen LogP) is 2.91. The van der Waals surface area contributed by atoms with Crippen LogP contribution in [0.5, 0.6) is 5.88 Å². The van der Waals surface area contributed by atoms with Crippen molar-refractivity contribution < 1.29 is 17.9 Å². The number of amides is 1. The maximum Gasteiger partial charge on any atom is 0.251 e. The zero-order chi connectivity index (χ0) is 21.8. The second kappa shape index (κ2) is 8.77. The summed E-state index contributed by atoms with van der Waals surface area (Å²) >= 11 is 0. The molecule has 2 aromatic carbocycles. The van der Waals surface area contributed by atoms with Gasteiger partial charge >= 0.3 is 0 Å². The van der Waals surface area contributed by atoms with Gasteiger partial charge in [-0.3, -0.25) is 9.10 Å². The van der Waals surface area contributed by atoms with Gasteiger partial charge in [-0.2, -0.15) is 0 Å². The van der Waals surface area contributed by atoms with Gasteiger partial charge in [-0.25, -0.2) is 13.4 Å². The van der Waals surface area contributed by atoms with E-state index >= 15 is 0 Å². The van der Waals surface area contributed by atoms with Crippen molar-refractivity contribution in [1.82, 2.24) is 10.3 Å². The summed E-state index contributed by atoms with van der Waals surface area (Å²) in [7, 11) is -3.31. The first-order valence-corrected chi connectivity index (χ1v) is 11.8. The fourth-order valence-corrected chi connectivity index (χ4v) is 4.47. The highest BCUT2D eigenvalue weighted by Gasteiger charge is 2.26. The Morgan fingerprint density at radius 2 is 1.90 bits per heavy atom. The largest absolute Gasteiger partial charge is 0.473 e. The Kier molecular flexibility index (Phi) is 5.90. The summed E-state index contributed by atoms with van der Waals surface area (Å²) in [5.74, 6) is 0.276. The molecule has 0 atom stereocenters. The zero-order valence-corrected chi connectivity index (χ0v) is 17.9. The molecule has 0 bridgehead atoms. The Bertz CT molecular complexity index is 1200. The maximum absolute atomic E-state index is 12.6. The number of carbonyl (C=O) groups is 1. The van der Waals surface area contributed by atoms with E-state index in [1.54, 1.807) is 30.5 Å². The van der Waals surface area contributed by atoms with Crippen molar-refractivity contribution in [2.45, 2.75) is 19.6 Å². The van der Waals surface area contributed by atoms with E-state index in [-0.39, 0.29) is 5.91 Å². The monoisotopic (exact) mass is 437 g/mol. The van der Waals surface area contributed by atoms with Gasteiger partial charge in [0.15, 0.2) is 0 Å². The van der Waals surface area contributed by atoms with E-state index in [1.165, 1.54) is 10.6 Å². The summed E-state index contributed by atoms with van der Waals surface area (Å²) in [6.45, 7) is 1.15. The van der Waals surface area contributed by atoms with Gasteiger partial charge in [0.05, 0.1) is 11.9 Å². The predicted molar refractivity (Wildman–Crippen MR) is 119 cm³/mol. The molecule has 0 saturated carbocycles. The van der Waals surface area contributed by atoms with Gasteiger partial charge in [-0.1, -0.05) is 30.3 Å². The van der Waals surface area contributed by atoms with E-state index in [9.17, 15) is 13.2 Å². The van der Waals surface area contributed by atoms with E-state index in [4.69, 9.17) is 4.74 Å². The zero-order valence-electron chi connectivity index (χ0n) is 17.1. The molecule has 8 heteroatoms. The number of nitrogens with zero attached hydrogens (tertiary/aromatic N) is 2. The van der Waals surface area contributed by atoms with Crippen molar-refractivity contribution in [3.63, 3.8) is 0 Å². The number of sulfonamides is 1. The smallest absolute Gasteiger partial charge is 0.251 e. The first-order valence-electron chi connectivity index (χ1n) is 9.91. The summed E-state index contributed by atoms with van der Waals surface area (Å²) in [5.41, 5.74) is 3.93. The SMILES string of the molecule is CS(=O)(=O)N1CCc2cc(C(=O)NCc3ccnc(OCc4ccccc4)c3)ccc21. The van der Waals surface area contributed by atoms with E-state index in [0.29, 0.717) is 43.2 Å². The highest BCUT2D eigenvalue weighted by molar-refractivity contribution is 7.92. The van der Waals surface area contributed by atoms with Crippen LogP contribution in [-0.2, 0) is 29.6 Å². The summed E-state index contributed by atoms with van der Waals surface area (Å²) in [5, 5.41) is 2.89. The Labute approximate surface area is 181 Å². The molecule has 0 fully saturated rings. The molecule has 1 aromatic heterocycles. The van der Waals surface area contributed by atoms with Crippen LogP contribution in [0.25, 0.3) is 0 Å². The summed E-state index contributed by atoms with van der Waals surface area (Å²) in [6.07, 6.45) is 3.43. The second-order valence-corrected chi connectivity index (χ2v) is 9.29. The molecule has 7 nitrogen and oxygen atoms in total. The Morgan fingerprint density at radius 3 is 2.68 bits per heavy atom. The number of hydrogen-bond acceptors (Lipinski definition) is 5. The van der Waals surface area contributed by atoms with Gasteiger partial charge in [0, 0.05) is 30.9 Å². The third-order valence-corrected chi connectivity index (χ3v) is 6.26. The van der Waals surface area contributed by atoms with Crippen LogP contribution in [0.2, 0.25) is 0 Å². The molecule has 3 aromatic rings. The van der Waals surface area contributed by atoms with Crippen LogP contribution < -0.4 is 14.4 Å². The van der Waals surface area contributed by atoms with Crippen LogP contribution >= 0.6 is 0 Å². The number of benzene rings is 2. The third-order valence-electron chi connectivity index (χ3n) is 5.08. The number of pyridine rings is 1. The number of ether oxygens (including phenoxy) is 1. The van der Waals surface area contributed by atoms with Gasteiger partial charge in [0.2, 0.25) is 15.9 Å². The molecule has 0 unspecified atom stereocenters. The quantitative estimate of drug-likeness (QED) is 0.614. The normalized spacial score (nSPS) is 13.0. The summed E-state index contributed by atoms with van der Waals surface area (Å²) < 4.78 is 30.8. The van der Waals surface area contributed by atoms with Crippen molar-refractivity contribution in [3.8, 4) is 5.88 Å². The molecule has 1 aliphatic heterocycles. The lowest BCUT2D eigenvalue weighted by molar-refractivity contribution is 0.0950. The first-order chi connectivity index (χ1) is 14.9. The molecule has 0 saturated heterocycles. The molecule has 0 aliphatic carbocycles. The number of nitrogens with one attached hydrogen (secondary N) is 1. The lowest BCUT2D eigenvalue weighted by atomic mass is 10.1. The van der Waals surface area contributed by atoms with Crippen LogP contribution in [-0.4, -0.2) is 32.1 Å². The Hall–Kier alpha value is -3.39. The summed E-state index contributed by atoms with van der Waals surface area (Å²) in [6, 6.07) is 18.6. The molecule has 1 aliphatic rings.